The highest BCUT2D eigenvalue weighted by molar-refractivity contribution is 6.36. The van der Waals surface area contributed by atoms with Gasteiger partial charge >= 0.3 is 0 Å². The van der Waals surface area contributed by atoms with E-state index in [1.807, 2.05) is 23.1 Å². The van der Waals surface area contributed by atoms with Crippen molar-refractivity contribution < 1.29 is 9.59 Å². The predicted molar refractivity (Wildman–Crippen MR) is 111 cm³/mol. The molecule has 0 saturated heterocycles. The number of hydrogen-bond acceptors (Lipinski definition) is 2. The van der Waals surface area contributed by atoms with Gasteiger partial charge in [0.1, 0.15) is 0 Å². The summed E-state index contributed by atoms with van der Waals surface area (Å²) in [5, 5.41) is 3.67. The van der Waals surface area contributed by atoms with E-state index in [9.17, 15) is 9.59 Å². The molecule has 1 heterocycles. The zero-order valence-corrected chi connectivity index (χ0v) is 16.9. The summed E-state index contributed by atoms with van der Waals surface area (Å²) in [5.41, 5.74) is 3.00. The number of fused-ring (bicyclic) bond motifs is 1. The monoisotopic (exact) mass is 404 g/mol. The minimum atomic E-state index is -0.314. The van der Waals surface area contributed by atoms with Crippen LogP contribution in [0.2, 0.25) is 10.0 Å². The van der Waals surface area contributed by atoms with E-state index in [4.69, 9.17) is 23.2 Å². The normalized spacial score (nSPS) is 13.7. The van der Waals surface area contributed by atoms with Crippen molar-refractivity contribution in [1.82, 2.24) is 0 Å². The lowest BCUT2D eigenvalue weighted by Gasteiger charge is -2.30. The van der Waals surface area contributed by atoms with Gasteiger partial charge in [-0.3, -0.25) is 9.59 Å². The molecule has 0 bridgehead atoms. The van der Waals surface area contributed by atoms with Crippen LogP contribution in [0.4, 0.5) is 11.4 Å². The number of halogens is 2. The van der Waals surface area contributed by atoms with E-state index in [0.717, 1.165) is 17.7 Å². The molecule has 1 N–H and O–H groups in total. The number of hydrogen-bond donors (Lipinski definition) is 1. The fourth-order valence-corrected chi connectivity index (χ4v) is 3.52. The van der Waals surface area contributed by atoms with Crippen LogP contribution in [0, 0.1) is 5.92 Å². The van der Waals surface area contributed by atoms with Crippen LogP contribution in [0.5, 0.6) is 0 Å². The van der Waals surface area contributed by atoms with Gasteiger partial charge in [-0.05, 0) is 60.7 Å². The number of aryl methyl sites for hydroxylation is 1. The van der Waals surface area contributed by atoms with Gasteiger partial charge in [0.25, 0.3) is 5.91 Å². The summed E-state index contributed by atoms with van der Waals surface area (Å²) < 4.78 is 0. The highest BCUT2D eigenvalue weighted by Gasteiger charge is 2.24. The fraction of sp³-hybridized carbons (Fsp3) is 0.333. The number of carbonyl (C=O) groups is 2. The topological polar surface area (TPSA) is 49.4 Å². The molecule has 3 rings (SSSR count). The molecular weight excluding hydrogens is 383 g/mol. The van der Waals surface area contributed by atoms with E-state index in [2.05, 4.69) is 19.2 Å². The van der Waals surface area contributed by atoms with Gasteiger partial charge < -0.3 is 10.2 Å². The summed E-state index contributed by atoms with van der Waals surface area (Å²) >= 11 is 12.1. The Morgan fingerprint density at radius 2 is 1.93 bits per heavy atom. The highest BCUT2D eigenvalue weighted by atomic mass is 35.5. The molecule has 4 nitrogen and oxygen atoms in total. The third-order valence-corrected chi connectivity index (χ3v) is 5.21. The third kappa shape index (κ3) is 4.63. The lowest BCUT2D eigenvalue weighted by atomic mass is 9.99. The van der Waals surface area contributed by atoms with Crippen molar-refractivity contribution in [3.63, 3.8) is 0 Å². The highest BCUT2D eigenvalue weighted by Crippen LogP contribution is 2.31. The van der Waals surface area contributed by atoms with Crippen LogP contribution in [0.1, 0.15) is 42.6 Å². The van der Waals surface area contributed by atoms with Crippen LogP contribution in [0.25, 0.3) is 0 Å². The van der Waals surface area contributed by atoms with Gasteiger partial charge in [0.05, 0.1) is 10.6 Å². The average Bonchev–Trinajstić information content (AvgIpc) is 2.62. The summed E-state index contributed by atoms with van der Waals surface area (Å²) in [6.07, 6.45) is 2.12. The van der Waals surface area contributed by atoms with Gasteiger partial charge in [-0.1, -0.05) is 37.0 Å². The van der Waals surface area contributed by atoms with Gasteiger partial charge in [-0.15, -0.1) is 0 Å². The van der Waals surface area contributed by atoms with E-state index in [-0.39, 0.29) is 11.8 Å². The van der Waals surface area contributed by atoms with Crippen LogP contribution >= 0.6 is 23.2 Å². The quantitative estimate of drug-likeness (QED) is 0.707. The summed E-state index contributed by atoms with van der Waals surface area (Å²) in [6.45, 7) is 5.01. The first-order valence-corrected chi connectivity index (χ1v) is 9.80. The van der Waals surface area contributed by atoms with Crippen LogP contribution in [0.15, 0.2) is 36.4 Å². The molecule has 0 aliphatic carbocycles. The molecule has 2 amide bonds. The summed E-state index contributed by atoms with van der Waals surface area (Å²) in [4.78, 5) is 26.7. The number of nitrogens with one attached hydrogen (secondary N) is 1. The minimum absolute atomic E-state index is 0.158. The molecule has 6 heteroatoms. The lowest BCUT2D eigenvalue weighted by molar-refractivity contribution is -0.118. The van der Waals surface area contributed by atoms with Gasteiger partial charge in [-0.25, -0.2) is 0 Å². The molecule has 1 aliphatic rings. The Labute approximate surface area is 169 Å². The van der Waals surface area contributed by atoms with Crippen LogP contribution < -0.4 is 10.2 Å². The van der Waals surface area contributed by atoms with Crippen molar-refractivity contribution >= 4 is 46.4 Å². The average molecular weight is 405 g/mol. The summed E-state index contributed by atoms with van der Waals surface area (Å²) in [6, 6.07) is 10.4. The molecule has 0 spiro atoms. The molecule has 0 radical (unpaired) electrons. The molecule has 0 saturated carbocycles. The number of carbonyl (C=O) groups excluding carboxylic acids is 2. The molecule has 142 valence electrons. The second-order valence-corrected chi connectivity index (χ2v) is 7.99. The van der Waals surface area contributed by atoms with E-state index < -0.39 is 0 Å². The standard InChI is InChI=1S/C21H22Cl2N2O2/c1-13(2)9-10-25-19-7-5-16(11-14(19)3-8-20(25)26)24-21(27)17-12-15(22)4-6-18(17)23/h4-7,11-13H,3,8-10H2,1-2H3,(H,24,27). The number of benzene rings is 2. The second-order valence-electron chi connectivity index (χ2n) is 7.15. The zero-order chi connectivity index (χ0) is 19.6. The number of anilines is 2. The van der Waals surface area contributed by atoms with Gasteiger partial charge in [0.2, 0.25) is 5.91 Å². The number of amides is 2. The van der Waals surface area contributed by atoms with Crippen molar-refractivity contribution in [3.05, 3.63) is 57.6 Å². The molecule has 0 aromatic heterocycles. The lowest BCUT2D eigenvalue weighted by Crippen LogP contribution is -2.36. The molecule has 27 heavy (non-hydrogen) atoms. The largest absolute Gasteiger partial charge is 0.322 e. The van der Waals surface area contributed by atoms with Crippen molar-refractivity contribution in [2.24, 2.45) is 5.92 Å². The Morgan fingerprint density at radius 1 is 1.15 bits per heavy atom. The van der Waals surface area contributed by atoms with E-state index in [0.29, 0.717) is 46.6 Å². The van der Waals surface area contributed by atoms with Crippen molar-refractivity contribution in [2.45, 2.75) is 33.1 Å². The first-order chi connectivity index (χ1) is 12.8. The molecule has 0 atom stereocenters. The van der Waals surface area contributed by atoms with E-state index in [1.54, 1.807) is 18.2 Å². The SMILES string of the molecule is CC(C)CCN1C(=O)CCc2cc(NC(=O)c3cc(Cl)ccc3Cl)ccc21. The first kappa shape index (κ1) is 19.7. The van der Waals surface area contributed by atoms with Crippen LogP contribution in [-0.2, 0) is 11.2 Å². The maximum Gasteiger partial charge on any atom is 0.257 e. The van der Waals surface area contributed by atoms with Gasteiger partial charge in [0.15, 0.2) is 0 Å². The number of rotatable bonds is 5. The van der Waals surface area contributed by atoms with Crippen LogP contribution in [0.3, 0.4) is 0 Å². The minimum Gasteiger partial charge on any atom is -0.322 e. The fourth-order valence-electron chi connectivity index (χ4n) is 3.14. The Bertz CT molecular complexity index is 880. The summed E-state index contributed by atoms with van der Waals surface area (Å²) in [5.74, 6) is 0.376. The Balaban J connectivity index is 1.80. The maximum absolute atomic E-state index is 12.5. The maximum atomic E-state index is 12.5. The van der Waals surface area contributed by atoms with Crippen molar-refractivity contribution in [3.8, 4) is 0 Å². The molecular formula is C21H22Cl2N2O2. The van der Waals surface area contributed by atoms with Crippen LogP contribution in [-0.4, -0.2) is 18.4 Å². The van der Waals surface area contributed by atoms with E-state index in [1.165, 1.54) is 0 Å². The third-order valence-electron chi connectivity index (χ3n) is 4.64. The predicted octanol–water partition coefficient (Wildman–Crippen LogP) is 5.57. The smallest absolute Gasteiger partial charge is 0.257 e. The van der Waals surface area contributed by atoms with Crippen molar-refractivity contribution in [1.29, 1.82) is 0 Å². The Kier molecular flexibility index (Phi) is 6.08. The van der Waals surface area contributed by atoms with Crippen molar-refractivity contribution in [2.75, 3.05) is 16.8 Å². The summed E-state index contributed by atoms with van der Waals surface area (Å²) in [7, 11) is 0. The van der Waals surface area contributed by atoms with Gasteiger partial charge in [0, 0.05) is 29.4 Å². The Hall–Kier alpha value is -2.04. The molecule has 1 aliphatic heterocycles. The van der Waals surface area contributed by atoms with Gasteiger partial charge in [-0.2, -0.15) is 0 Å². The molecule has 2 aromatic carbocycles. The zero-order valence-electron chi connectivity index (χ0n) is 15.4. The van der Waals surface area contributed by atoms with E-state index >= 15 is 0 Å². The first-order valence-electron chi connectivity index (χ1n) is 9.05. The number of nitrogens with zero attached hydrogens (tertiary/aromatic N) is 1. The second kappa shape index (κ2) is 8.32. The molecule has 0 fully saturated rings. The molecule has 2 aromatic rings. The molecule has 0 unspecified atom stereocenters. The Morgan fingerprint density at radius 3 is 2.67 bits per heavy atom.